The zero-order valence-electron chi connectivity index (χ0n) is 12.1. The lowest BCUT2D eigenvalue weighted by Gasteiger charge is -2.34. The van der Waals surface area contributed by atoms with E-state index >= 15 is 0 Å². The number of hydrogen-bond donors (Lipinski definition) is 2. The number of methoxy groups -OCH3 is 1. The standard InChI is InChI=1S/C13H28N2O2/c1-12(2,3)9-13(4,5)15-11(16)10(14)7-8-17-6/h10H,7-9,14H2,1-6H3,(H,15,16). The van der Waals surface area contributed by atoms with Gasteiger partial charge in [-0.25, -0.2) is 0 Å². The quantitative estimate of drug-likeness (QED) is 0.747. The van der Waals surface area contributed by atoms with E-state index < -0.39 is 6.04 Å². The molecule has 0 aliphatic carbocycles. The van der Waals surface area contributed by atoms with Crippen molar-refractivity contribution in [1.82, 2.24) is 5.32 Å². The second kappa shape index (κ2) is 6.36. The molecule has 1 atom stereocenters. The molecule has 1 unspecified atom stereocenters. The van der Waals surface area contributed by atoms with Crippen LogP contribution in [-0.4, -0.2) is 31.2 Å². The third kappa shape index (κ3) is 8.16. The molecule has 0 saturated heterocycles. The first-order chi connectivity index (χ1) is 7.57. The summed E-state index contributed by atoms with van der Waals surface area (Å²) in [6.45, 7) is 11.0. The van der Waals surface area contributed by atoms with E-state index in [-0.39, 0.29) is 16.9 Å². The van der Waals surface area contributed by atoms with Crippen molar-refractivity contribution in [2.24, 2.45) is 11.1 Å². The third-order valence-electron chi connectivity index (χ3n) is 2.40. The Labute approximate surface area is 105 Å². The van der Waals surface area contributed by atoms with Gasteiger partial charge < -0.3 is 15.8 Å². The molecular formula is C13H28N2O2. The van der Waals surface area contributed by atoms with Crippen LogP contribution in [0.25, 0.3) is 0 Å². The summed E-state index contributed by atoms with van der Waals surface area (Å²) in [5, 5.41) is 3.00. The van der Waals surface area contributed by atoms with Crippen molar-refractivity contribution in [2.45, 2.75) is 59.0 Å². The van der Waals surface area contributed by atoms with Crippen molar-refractivity contribution in [2.75, 3.05) is 13.7 Å². The Bertz CT molecular complexity index is 244. The SMILES string of the molecule is COCCC(N)C(=O)NC(C)(C)CC(C)(C)C. The van der Waals surface area contributed by atoms with Gasteiger partial charge in [-0.1, -0.05) is 20.8 Å². The molecule has 0 saturated carbocycles. The van der Waals surface area contributed by atoms with E-state index in [4.69, 9.17) is 10.5 Å². The molecule has 17 heavy (non-hydrogen) atoms. The summed E-state index contributed by atoms with van der Waals surface area (Å²) in [7, 11) is 1.61. The molecule has 0 heterocycles. The lowest BCUT2D eigenvalue weighted by atomic mass is 9.81. The maximum absolute atomic E-state index is 11.9. The smallest absolute Gasteiger partial charge is 0.237 e. The first kappa shape index (κ1) is 16.4. The molecule has 0 aliphatic heterocycles. The molecule has 0 rings (SSSR count). The number of amides is 1. The van der Waals surface area contributed by atoms with Crippen molar-refractivity contribution in [3.05, 3.63) is 0 Å². The molecular weight excluding hydrogens is 216 g/mol. The molecule has 0 aliphatic rings. The average molecular weight is 244 g/mol. The molecule has 0 aromatic carbocycles. The molecule has 3 N–H and O–H groups in total. The van der Waals surface area contributed by atoms with Gasteiger partial charge in [0.05, 0.1) is 6.04 Å². The van der Waals surface area contributed by atoms with Crippen LogP contribution < -0.4 is 11.1 Å². The van der Waals surface area contributed by atoms with Gasteiger partial charge in [0.15, 0.2) is 0 Å². The van der Waals surface area contributed by atoms with E-state index in [9.17, 15) is 4.79 Å². The van der Waals surface area contributed by atoms with Crippen molar-refractivity contribution >= 4 is 5.91 Å². The second-order valence-electron chi connectivity index (χ2n) is 6.50. The van der Waals surface area contributed by atoms with Gasteiger partial charge in [-0.2, -0.15) is 0 Å². The van der Waals surface area contributed by atoms with Crippen molar-refractivity contribution in [3.63, 3.8) is 0 Å². The summed E-state index contributed by atoms with van der Waals surface area (Å²) in [6, 6.07) is -0.491. The number of carbonyl (C=O) groups excluding carboxylic acids is 1. The monoisotopic (exact) mass is 244 g/mol. The Balaban J connectivity index is 4.26. The Morgan fingerprint density at radius 1 is 1.29 bits per heavy atom. The van der Waals surface area contributed by atoms with Gasteiger partial charge in [0, 0.05) is 19.3 Å². The van der Waals surface area contributed by atoms with Gasteiger partial charge in [-0.15, -0.1) is 0 Å². The summed E-state index contributed by atoms with van der Waals surface area (Å²) >= 11 is 0. The highest BCUT2D eigenvalue weighted by Gasteiger charge is 2.28. The summed E-state index contributed by atoms with van der Waals surface area (Å²) in [4.78, 5) is 11.9. The molecule has 4 nitrogen and oxygen atoms in total. The minimum atomic E-state index is -0.491. The van der Waals surface area contributed by atoms with Crippen LogP contribution in [0.1, 0.15) is 47.5 Å². The van der Waals surface area contributed by atoms with Crippen LogP contribution in [-0.2, 0) is 9.53 Å². The van der Waals surface area contributed by atoms with E-state index in [1.54, 1.807) is 7.11 Å². The van der Waals surface area contributed by atoms with Crippen LogP contribution in [0, 0.1) is 5.41 Å². The molecule has 0 bridgehead atoms. The van der Waals surface area contributed by atoms with Crippen LogP contribution >= 0.6 is 0 Å². The van der Waals surface area contributed by atoms with Crippen LogP contribution in [0.3, 0.4) is 0 Å². The zero-order chi connectivity index (χ0) is 13.7. The number of hydrogen-bond acceptors (Lipinski definition) is 3. The second-order valence-corrected chi connectivity index (χ2v) is 6.50. The van der Waals surface area contributed by atoms with Crippen LogP contribution in [0.5, 0.6) is 0 Å². The maximum Gasteiger partial charge on any atom is 0.237 e. The Hall–Kier alpha value is -0.610. The fourth-order valence-corrected chi connectivity index (χ4v) is 2.17. The lowest BCUT2D eigenvalue weighted by molar-refractivity contribution is -0.124. The molecule has 0 fully saturated rings. The van der Waals surface area contributed by atoms with E-state index in [0.717, 1.165) is 6.42 Å². The van der Waals surface area contributed by atoms with Crippen LogP contribution in [0.4, 0.5) is 0 Å². The van der Waals surface area contributed by atoms with E-state index in [2.05, 4.69) is 26.1 Å². The molecule has 0 aromatic heterocycles. The molecule has 0 aromatic rings. The summed E-state index contributed by atoms with van der Waals surface area (Å²) < 4.78 is 4.91. The Kier molecular flexibility index (Phi) is 6.13. The van der Waals surface area contributed by atoms with E-state index in [1.807, 2.05) is 13.8 Å². The Morgan fingerprint density at radius 3 is 2.24 bits per heavy atom. The van der Waals surface area contributed by atoms with Gasteiger partial charge in [-0.05, 0) is 32.1 Å². The van der Waals surface area contributed by atoms with Gasteiger partial charge in [-0.3, -0.25) is 4.79 Å². The van der Waals surface area contributed by atoms with Gasteiger partial charge in [0.1, 0.15) is 0 Å². The molecule has 0 radical (unpaired) electrons. The third-order valence-corrected chi connectivity index (χ3v) is 2.40. The van der Waals surface area contributed by atoms with Gasteiger partial charge >= 0.3 is 0 Å². The minimum absolute atomic E-state index is 0.101. The van der Waals surface area contributed by atoms with Crippen molar-refractivity contribution in [3.8, 4) is 0 Å². The summed E-state index contributed by atoms with van der Waals surface area (Å²) in [5.41, 5.74) is 5.72. The van der Waals surface area contributed by atoms with Crippen molar-refractivity contribution < 1.29 is 9.53 Å². The van der Waals surface area contributed by atoms with Gasteiger partial charge in [0.2, 0.25) is 5.91 Å². The van der Waals surface area contributed by atoms with E-state index in [1.165, 1.54) is 0 Å². The molecule has 0 spiro atoms. The number of ether oxygens (including phenoxy) is 1. The number of nitrogens with two attached hydrogens (primary N) is 1. The lowest BCUT2D eigenvalue weighted by Crippen LogP contribution is -2.52. The molecule has 102 valence electrons. The first-order valence-electron chi connectivity index (χ1n) is 6.14. The normalized spacial score (nSPS) is 14.5. The van der Waals surface area contributed by atoms with Gasteiger partial charge in [0.25, 0.3) is 0 Å². The van der Waals surface area contributed by atoms with E-state index in [0.29, 0.717) is 13.0 Å². The maximum atomic E-state index is 11.9. The highest BCUT2D eigenvalue weighted by Crippen LogP contribution is 2.26. The highest BCUT2D eigenvalue weighted by molar-refractivity contribution is 5.82. The minimum Gasteiger partial charge on any atom is -0.385 e. The number of nitrogens with one attached hydrogen (secondary N) is 1. The first-order valence-corrected chi connectivity index (χ1v) is 6.14. The largest absolute Gasteiger partial charge is 0.385 e. The fraction of sp³-hybridized carbons (Fsp3) is 0.923. The summed E-state index contributed by atoms with van der Waals surface area (Å²) in [6.07, 6.45) is 1.46. The molecule has 1 amide bonds. The molecule has 4 heteroatoms. The number of rotatable bonds is 6. The van der Waals surface area contributed by atoms with Crippen LogP contribution in [0.2, 0.25) is 0 Å². The van der Waals surface area contributed by atoms with Crippen LogP contribution in [0.15, 0.2) is 0 Å². The predicted molar refractivity (Wildman–Crippen MR) is 70.8 cm³/mol. The zero-order valence-corrected chi connectivity index (χ0v) is 12.1. The Morgan fingerprint density at radius 2 is 1.82 bits per heavy atom. The average Bonchev–Trinajstić information content (AvgIpc) is 2.08. The topological polar surface area (TPSA) is 64.3 Å². The number of carbonyl (C=O) groups is 1. The predicted octanol–water partition coefficient (Wildman–Crippen LogP) is 1.68. The summed E-state index contributed by atoms with van der Waals surface area (Å²) in [5.74, 6) is -0.101. The highest BCUT2D eigenvalue weighted by atomic mass is 16.5. The van der Waals surface area contributed by atoms with Crippen molar-refractivity contribution in [1.29, 1.82) is 0 Å². The fourth-order valence-electron chi connectivity index (χ4n) is 2.17.